The minimum absolute atomic E-state index is 0.147. The summed E-state index contributed by atoms with van der Waals surface area (Å²) in [7, 11) is 1.92. The van der Waals surface area contributed by atoms with Crippen molar-refractivity contribution in [2.45, 2.75) is 19.3 Å². The van der Waals surface area contributed by atoms with Gasteiger partial charge in [-0.3, -0.25) is 0 Å². The highest BCUT2D eigenvalue weighted by Gasteiger charge is 2.15. The van der Waals surface area contributed by atoms with Gasteiger partial charge in [-0.2, -0.15) is 0 Å². The van der Waals surface area contributed by atoms with Crippen LogP contribution in [-0.4, -0.2) is 34.6 Å². The number of aromatic carboxylic acids is 1. The number of carboxylic acids is 1. The molecule has 1 N–H and O–H groups in total. The fraction of sp³-hybridized carbons (Fsp3) is 0.227. The number of benzene rings is 2. The lowest BCUT2D eigenvalue weighted by atomic mass is 10.1. The molecule has 0 radical (unpaired) electrons. The lowest BCUT2D eigenvalue weighted by Gasteiger charge is -2.18. The van der Waals surface area contributed by atoms with Crippen molar-refractivity contribution in [1.82, 2.24) is 9.97 Å². The van der Waals surface area contributed by atoms with Gasteiger partial charge in [0.25, 0.3) is 0 Å². The highest BCUT2D eigenvalue weighted by atomic mass is 35.5. The standard InChI is InChI=1S/C22H22ClN3O2/c1-26(14-13-16-5-3-2-4-6-16)22-24-15-19(21(27)28)20(25-22)12-9-17-7-10-18(23)11-8-17/h2-8,10-11,15H,9,12-14H2,1H3,(H,27,28). The molecule has 3 rings (SSSR count). The molecule has 0 bridgehead atoms. The number of hydrogen-bond donors (Lipinski definition) is 1. The molecule has 144 valence electrons. The summed E-state index contributed by atoms with van der Waals surface area (Å²) in [5.74, 6) is -0.475. The van der Waals surface area contributed by atoms with Crippen LogP contribution >= 0.6 is 11.6 Å². The molecule has 0 aliphatic heterocycles. The molecule has 1 heterocycles. The number of halogens is 1. The SMILES string of the molecule is CN(CCc1ccccc1)c1ncc(C(=O)O)c(CCc2ccc(Cl)cc2)n1. The van der Waals surface area contributed by atoms with Crippen LogP contribution in [0.5, 0.6) is 0 Å². The molecule has 28 heavy (non-hydrogen) atoms. The summed E-state index contributed by atoms with van der Waals surface area (Å²) < 4.78 is 0. The Morgan fingerprint density at radius 1 is 1.00 bits per heavy atom. The van der Waals surface area contributed by atoms with Gasteiger partial charge in [0.2, 0.25) is 5.95 Å². The third-order valence-electron chi connectivity index (χ3n) is 4.57. The van der Waals surface area contributed by atoms with E-state index in [1.54, 1.807) is 0 Å². The number of aromatic nitrogens is 2. The smallest absolute Gasteiger partial charge is 0.339 e. The minimum Gasteiger partial charge on any atom is -0.478 e. The van der Waals surface area contributed by atoms with Gasteiger partial charge in [-0.05, 0) is 42.5 Å². The summed E-state index contributed by atoms with van der Waals surface area (Å²) in [6.07, 6.45) is 3.47. The quantitative estimate of drug-likeness (QED) is 0.616. The topological polar surface area (TPSA) is 66.3 Å². The highest BCUT2D eigenvalue weighted by Crippen LogP contribution is 2.16. The average molecular weight is 396 g/mol. The van der Waals surface area contributed by atoms with Crippen LogP contribution in [0, 0.1) is 0 Å². The van der Waals surface area contributed by atoms with Crippen molar-refractivity contribution in [3.05, 3.63) is 88.2 Å². The minimum atomic E-state index is -1.01. The summed E-state index contributed by atoms with van der Waals surface area (Å²) in [6, 6.07) is 17.7. The van der Waals surface area contributed by atoms with E-state index < -0.39 is 5.97 Å². The zero-order valence-electron chi connectivity index (χ0n) is 15.7. The second kappa shape index (κ2) is 9.33. The Labute approximate surface area is 169 Å². The molecule has 0 amide bonds. The van der Waals surface area contributed by atoms with Crippen LogP contribution in [0.3, 0.4) is 0 Å². The van der Waals surface area contributed by atoms with Gasteiger partial charge in [0.05, 0.1) is 11.3 Å². The Hall–Kier alpha value is -2.92. The third-order valence-corrected chi connectivity index (χ3v) is 4.82. The first kappa shape index (κ1) is 19.8. The van der Waals surface area contributed by atoms with Gasteiger partial charge in [0, 0.05) is 24.8 Å². The maximum atomic E-state index is 11.6. The molecule has 0 unspecified atom stereocenters. The monoisotopic (exact) mass is 395 g/mol. The first-order valence-electron chi connectivity index (χ1n) is 9.11. The first-order chi connectivity index (χ1) is 13.5. The Morgan fingerprint density at radius 2 is 1.68 bits per heavy atom. The Kier molecular flexibility index (Phi) is 6.61. The van der Waals surface area contributed by atoms with E-state index in [1.165, 1.54) is 11.8 Å². The van der Waals surface area contributed by atoms with Gasteiger partial charge in [-0.1, -0.05) is 54.1 Å². The van der Waals surface area contributed by atoms with Crippen molar-refractivity contribution >= 4 is 23.5 Å². The summed E-state index contributed by atoms with van der Waals surface area (Å²) >= 11 is 5.92. The first-order valence-corrected chi connectivity index (χ1v) is 9.49. The number of nitrogens with zero attached hydrogens (tertiary/aromatic N) is 3. The van der Waals surface area contributed by atoms with Crippen LogP contribution in [0.15, 0.2) is 60.8 Å². The van der Waals surface area contributed by atoms with E-state index in [0.29, 0.717) is 29.5 Å². The van der Waals surface area contributed by atoms with Crippen LogP contribution in [0.1, 0.15) is 27.2 Å². The molecule has 1 aromatic heterocycles. The molecular weight excluding hydrogens is 374 g/mol. The highest BCUT2D eigenvalue weighted by molar-refractivity contribution is 6.30. The number of likely N-dealkylation sites (N-methyl/N-ethyl adjacent to an activating group) is 1. The van der Waals surface area contributed by atoms with Crippen molar-refractivity contribution in [3.63, 3.8) is 0 Å². The van der Waals surface area contributed by atoms with E-state index in [0.717, 1.165) is 18.5 Å². The van der Waals surface area contributed by atoms with Gasteiger partial charge >= 0.3 is 5.97 Å². The van der Waals surface area contributed by atoms with Gasteiger partial charge in [-0.25, -0.2) is 14.8 Å². The van der Waals surface area contributed by atoms with Crippen molar-refractivity contribution in [2.24, 2.45) is 0 Å². The fourth-order valence-electron chi connectivity index (χ4n) is 2.92. The summed E-state index contributed by atoms with van der Waals surface area (Å²) in [4.78, 5) is 22.3. The summed E-state index contributed by atoms with van der Waals surface area (Å²) in [5, 5.41) is 10.1. The van der Waals surface area contributed by atoms with Gasteiger partial charge in [-0.15, -0.1) is 0 Å². The molecule has 5 nitrogen and oxygen atoms in total. The van der Waals surface area contributed by atoms with Crippen LogP contribution in [0.2, 0.25) is 5.02 Å². The van der Waals surface area contributed by atoms with E-state index in [1.807, 2.05) is 54.4 Å². The summed E-state index contributed by atoms with van der Waals surface area (Å²) in [6.45, 7) is 0.743. The number of carbonyl (C=O) groups is 1. The Balaban J connectivity index is 1.72. The Morgan fingerprint density at radius 3 is 2.36 bits per heavy atom. The number of carboxylic acid groups (broad SMARTS) is 1. The lowest BCUT2D eigenvalue weighted by Crippen LogP contribution is -2.24. The van der Waals surface area contributed by atoms with Gasteiger partial charge in [0.1, 0.15) is 0 Å². The van der Waals surface area contributed by atoms with Crippen LogP contribution < -0.4 is 4.90 Å². The maximum absolute atomic E-state index is 11.6. The molecule has 0 saturated heterocycles. The van der Waals surface area contributed by atoms with Crippen molar-refractivity contribution in [1.29, 1.82) is 0 Å². The fourth-order valence-corrected chi connectivity index (χ4v) is 3.04. The van der Waals surface area contributed by atoms with Gasteiger partial charge in [0.15, 0.2) is 0 Å². The Bertz CT molecular complexity index is 930. The van der Waals surface area contributed by atoms with Crippen molar-refractivity contribution in [3.8, 4) is 0 Å². The molecule has 0 fully saturated rings. The van der Waals surface area contributed by atoms with Crippen molar-refractivity contribution in [2.75, 3.05) is 18.5 Å². The molecule has 3 aromatic rings. The van der Waals surface area contributed by atoms with E-state index >= 15 is 0 Å². The molecule has 6 heteroatoms. The van der Waals surface area contributed by atoms with E-state index in [4.69, 9.17) is 11.6 Å². The van der Waals surface area contributed by atoms with E-state index in [-0.39, 0.29) is 5.56 Å². The predicted octanol–water partition coefficient (Wildman–Crippen LogP) is 4.29. The maximum Gasteiger partial charge on any atom is 0.339 e. The zero-order chi connectivity index (χ0) is 19.9. The average Bonchev–Trinajstić information content (AvgIpc) is 2.72. The lowest BCUT2D eigenvalue weighted by molar-refractivity contribution is 0.0694. The molecule has 0 atom stereocenters. The van der Waals surface area contributed by atoms with Gasteiger partial charge < -0.3 is 10.0 Å². The molecule has 0 saturated carbocycles. The number of aryl methyl sites for hydroxylation is 2. The normalized spacial score (nSPS) is 10.6. The molecule has 2 aromatic carbocycles. The second-order valence-electron chi connectivity index (χ2n) is 6.62. The molecule has 0 spiro atoms. The zero-order valence-corrected chi connectivity index (χ0v) is 16.4. The molecule has 0 aliphatic carbocycles. The van der Waals surface area contributed by atoms with Crippen LogP contribution in [0.25, 0.3) is 0 Å². The number of rotatable bonds is 8. The third kappa shape index (κ3) is 5.30. The van der Waals surface area contributed by atoms with E-state index in [9.17, 15) is 9.90 Å². The number of hydrogen-bond acceptors (Lipinski definition) is 4. The van der Waals surface area contributed by atoms with Crippen LogP contribution in [-0.2, 0) is 19.3 Å². The summed E-state index contributed by atoms with van der Waals surface area (Å²) in [5.41, 5.74) is 3.01. The van der Waals surface area contributed by atoms with E-state index in [2.05, 4.69) is 22.1 Å². The second-order valence-corrected chi connectivity index (χ2v) is 7.06. The predicted molar refractivity (Wildman–Crippen MR) is 111 cm³/mol. The number of anilines is 1. The largest absolute Gasteiger partial charge is 0.478 e. The van der Waals surface area contributed by atoms with Crippen molar-refractivity contribution < 1.29 is 9.90 Å². The molecular formula is C22H22ClN3O2. The molecule has 0 aliphatic rings. The van der Waals surface area contributed by atoms with Crippen LogP contribution in [0.4, 0.5) is 5.95 Å².